The molecule has 19 heavy (non-hydrogen) atoms. The van der Waals surface area contributed by atoms with E-state index >= 15 is 0 Å². The van der Waals surface area contributed by atoms with Crippen LogP contribution in [0.5, 0.6) is 5.75 Å². The fraction of sp³-hybridized carbons (Fsp3) is 0.538. The van der Waals surface area contributed by atoms with Gasteiger partial charge in [-0.15, -0.1) is 0 Å². The van der Waals surface area contributed by atoms with Crippen molar-refractivity contribution >= 4 is 0 Å². The summed E-state index contributed by atoms with van der Waals surface area (Å²) in [6.45, 7) is 5.61. The molecule has 2 unspecified atom stereocenters. The maximum atomic E-state index is 9.98. The highest BCUT2D eigenvalue weighted by molar-refractivity contribution is 5.41. The van der Waals surface area contributed by atoms with Gasteiger partial charge in [0.1, 0.15) is 11.9 Å². The minimum Gasteiger partial charge on any atom is -0.508 e. The van der Waals surface area contributed by atoms with Crippen LogP contribution in [0.2, 0.25) is 0 Å². The second-order valence-corrected chi connectivity index (χ2v) is 5.45. The van der Waals surface area contributed by atoms with Crippen LogP contribution in [-0.4, -0.2) is 28.0 Å². The molecule has 1 aromatic carbocycles. The Hall–Kier alpha value is -1.75. The molecule has 0 amide bonds. The lowest BCUT2D eigenvalue weighted by Gasteiger charge is -2.23. The maximum Gasteiger partial charge on any atom is 0.119 e. The molecule has 0 saturated heterocycles. The first-order valence-electron chi connectivity index (χ1n) is 5.97. The lowest BCUT2D eigenvalue weighted by molar-refractivity contribution is 0.0243. The van der Waals surface area contributed by atoms with Crippen molar-refractivity contribution in [3.05, 3.63) is 39.8 Å². The predicted octanol–water partition coefficient (Wildman–Crippen LogP) is 2.39. The number of nitrogens with zero attached hydrogens (tertiary/aromatic N) is 3. The van der Waals surface area contributed by atoms with Crippen molar-refractivity contribution in [2.75, 3.05) is 6.54 Å². The van der Waals surface area contributed by atoms with Crippen molar-refractivity contribution in [3.8, 4) is 5.75 Å². The molecular formula is C13H19N3O3. The molecule has 0 saturated carbocycles. The van der Waals surface area contributed by atoms with Crippen molar-refractivity contribution in [3.63, 3.8) is 0 Å². The molecule has 0 aromatic heterocycles. The van der Waals surface area contributed by atoms with Gasteiger partial charge in [0, 0.05) is 4.91 Å². The van der Waals surface area contributed by atoms with Gasteiger partial charge in [-0.1, -0.05) is 32.0 Å². The van der Waals surface area contributed by atoms with E-state index in [4.69, 9.17) is 5.53 Å². The second kappa shape index (κ2) is 5.93. The molecule has 0 aliphatic heterocycles. The van der Waals surface area contributed by atoms with Crippen LogP contribution in [0.15, 0.2) is 23.3 Å². The largest absolute Gasteiger partial charge is 0.508 e. The number of aromatic hydroxyl groups is 1. The standard InChI is InChI=1S/C13H19N3O3/c1-13(2,3)9-6-8(4-5-10(9)17)12(19)11(18)7-15-16-14/h4-6,11-12,17-19H,7H2,1-3H3. The van der Waals surface area contributed by atoms with Crippen LogP contribution in [0, 0.1) is 0 Å². The molecule has 0 heterocycles. The molecule has 0 aliphatic rings. The van der Waals surface area contributed by atoms with Gasteiger partial charge in [0.25, 0.3) is 0 Å². The Balaban J connectivity index is 3.05. The van der Waals surface area contributed by atoms with Crippen molar-refractivity contribution in [2.24, 2.45) is 5.11 Å². The van der Waals surface area contributed by atoms with Crippen LogP contribution in [0.1, 0.15) is 38.0 Å². The van der Waals surface area contributed by atoms with Crippen molar-refractivity contribution in [1.82, 2.24) is 0 Å². The third-order valence-electron chi connectivity index (χ3n) is 2.87. The zero-order valence-electron chi connectivity index (χ0n) is 11.3. The van der Waals surface area contributed by atoms with E-state index in [0.717, 1.165) is 0 Å². The molecule has 1 rings (SSSR count). The number of hydrogen-bond donors (Lipinski definition) is 3. The predicted molar refractivity (Wildman–Crippen MR) is 71.8 cm³/mol. The first-order chi connectivity index (χ1) is 8.77. The molecule has 1 aromatic rings. The topological polar surface area (TPSA) is 109 Å². The van der Waals surface area contributed by atoms with E-state index < -0.39 is 12.2 Å². The number of rotatable bonds is 4. The number of azide groups is 1. The van der Waals surface area contributed by atoms with Crippen LogP contribution in [0.3, 0.4) is 0 Å². The summed E-state index contributed by atoms with van der Waals surface area (Å²) in [5.41, 5.74) is 9.06. The van der Waals surface area contributed by atoms with Crippen LogP contribution < -0.4 is 0 Å². The van der Waals surface area contributed by atoms with Gasteiger partial charge in [-0.2, -0.15) is 0 Å². The fourth-order valence-corrected chi connectivity index (χ4v) is 1.78. The van der Waals surface area contributed by atoms with Crippen LogP contribution in [0.4, 0.5) is 0 Å². The number of phenolic OH excluding ortho intramolecular Hbond substituents is 1. The quantitative estimate of drug-likeness (QED) is 0.441. The zero-order chi connectivity index (χ0) is 14.6. The highest BCUT2D eigenvalue weighted by atomic mass is 16.3. The van der Waals surface area contributed by atoms with Gasteiger partial charge >= 0.3 is 0 Å². The highest BCUT2D eigenvalue weighted by Crippen LogP contribution is 2.33. The lowest BCUT2D eigenvalue weighted by atomic mass is 9.84. The Morgan fingerprint density at radius 3 is 2.47 bits per heavy atom. The summed E-state index contributed by atoms with van der Waals surface area (Å²) in [6.07, 6.45) is -2.33. The first-order valence-corrected chi connectivity index (χ1v) is 5.97. The summed E-state index contributed by atoms with van der Waals surface area (Å²) in [7, 11) is 0. The molecule has 104 valence electrons. The molecule has 6 heteroatoms. The van der Waals surface area contributed by atoms with E-state index in [1.54, 1.807) is 6.07 Å². The molecule has 0 spiro atoms. The normalized spacial score (nSPS) is 14.6. The monoisotopic (exact) mass is 265 g/mol. The summed E-state index contributed by atoms with van der Waals surface area (Å²) in [6, 6.07) is 4.67. The van der Waals surface area contributed by atoms with Crippen molar-refractivity contribution in [2.45, 2.75) is 38.4 Å². The Labute approximate surface area is 112 Å². The van der Waals surface area contributed by atoms with Crippen LogP contribution in [-0.2, 0) is 5.41 Å². The minimum atomic E-state index is -1.17. The fourth-order valence-electron chi connectivity index (χ4n) is 1.78. The molecule has 0 fully saturated rings. The van der Waals surface area contributed by atoms with Gasteiger partial charge in [-0.25, -0.2) is 0 Å². The molecule has 0 radical (unpaired) electrons. The minimum absolute atomic E-state index is 0.146. The second-order valence-electron chi connectivity index (χ2n) is 5.45. The van der Waals surface area contributed by atoms with Gasteiger partial charge in [-0.05, 0) is 34.2 Å². The van der Waals surface area contributed by atoms with E-state index in [9.17, 15) is 15.3 Å². The maximum absolute atomic E-state index is 9.98. The summed E-state index contributed by atoms with van der Waals surface area (Å²) in [5.74, 6) is 0.146. The van der Waals surface area contributed by atoms with Gasteiger partial charge in [-0.3, -0.25) is 0 Å². The summed E-state index contributed by atoms with van der Waals surface area (Å²) in [5, 5.41) is 32.7. The Kier molecular flexibility index (Phi) is 4.78. The summed E-state index contributed by atoms with van der Waals surface area (Å²) >= 11 is 0. The molecular weight excluding hydrogens is 246 g/mol. The average Bonchev–Trinajstić information content (AvgIpc) is 2.34. The molecule has 3 N–H and O–H groups in total. The van der Waals surface area contributed by atoms with Crippen molar-refractivity contribution in [1.29, 1.82) is 0 Å². The Morgan fingerprint density at radius 1 is 1.32 bits per heavy atom. The zero-order valence-corrected chi connectivity index (χ0v) is 11.3. The number of phenols is 1. The number of hydrogen-bond acceptors (Lipinski definition) is 4. The van der Waals surface area contributed by atoms with Crippen LogP contribution >= 0.6 is 0 Å². The van der Waals surface area contributed by atoms with Crippen LogP contribution in [0.25, 0.3) is 10.4 Å². The number of aliphatic hydroxyl groups is 2. The van der Waals surface area contributed by atoms with Gasteiger partial charge in [0.15, 0.2) is 0 Å². The molecule has 2 atom stereocenters. The van der Waals surface area contributed by atoms with E-state index in [0.29, 0.717) is 11.1 Å². The molecule has 0 aliphatic carbocycles. The van der Waals surface area contributed by atoms with E-state index in [1.165, 1.54) is 12.1 Å². The molecule has 6 nitrogen and oxygen atoms in total. The van der Waals surface area contributed by atoms with E-state index in [-0.39, 0.29) is 17.7 Å². The SMILES string of the molecule is CC(C)(C)c1cc(C(O)C(O)CN=[N+]=[N-])ccc1O. The van der Waals surface area contributed by atoms with E-state index in [2.05, 4.69) is 10.0 Å². The Morgan fingerprint density at radius 2 is 1.95 bits per heavy atom. The first kappa shape index (κ1) is 15.3. The number of benzene rings is 1. The van der Waals surface area contributed by atoms with Gasteiger partial charge in [0.05, 0.1) is 12.6 Å². The molecule has 0 bridgehead atoms. The smallest absolute Gasteiger partial charge is 0.119 e. The number of aliphatic hydroxyl groups excluding tert-OH is 2. The van der Waals surface area contributed by atoms with Gasteiger partial charge in [0.2, 0.25) is 0 Å². The summed E-state index contributed by atoms with van der Waals surface area (Å²) < 4.78 is 0. The van der Waals surface area contributed by atoms with E-state index in [1.807, 2.05) is 20.8 Å². The van der Waals surface area contributed by atoms with Crippen molar-refractivity contribution < 1.29 is 15.3 Å². The summed E-state index contributed by atoms with van der Waals surface area (Å²) in [4.78, 5) is 2.54. The van der Waals surface area contributed by atoms with Gasteiger partial charge < -0.3 is 15.3 Å². The highest BCUT2D eigenvalue weighted by Gasteiger charge is 2.23. The Bertz CT molecular complexity index is 490. The average molecular weight is 265 g/mol. The lowest BCUT2D eigenvalue weighted by Crippen LogP contribution is -2.22. The third-order valence-corrected chi connectivity index (χ3v) is 2.87. The third kappa shape index (κ3) is 3.86.